The Bertz CT molecular complexity index is 255. The van der Waals surface area contributed by atoms with E-state index in [2.05, 4.69) is 19.2 Å². The molecule has 0 aromatic carbocycles. The van der Waals surface area contributed by atoms with Gasteiger partial charge in [-0.25, -0.2) is 0 Å². The summed E-state index contributed by atoms with van der Waals surface area (Å²) in [5, 5.41) is 3.27. The average Bonchev–Trinajstić information content (AvgIpc) is 2.23. The summed E-state index contributed by atoms with van der Waals surface area (Å²) in [6.07, 6.45) is -2.64. The highest BCUT2D eigenvalue weighted by Gasteiger charge is 2.37. The molecule has 2 nitrogen and oxygen atoms in total. The third kappa shape index (κ3) is 4.43. The minimum absolute atomic E-state index is 0.0884. The van der Waals surface area contributed by atoms with Gasteiger partial charge in [0.1, 0.15) is 0 Å². The number of likely N-dealkylation sites (N-methyl/N-ethyl adjacent to an activating group) is 2. The molecule has 0 saturated heterocycles. The van der Waals surface area contributed by atoms with Gasteiger partial charge in [0, 0.05) is 18.6 Å². The average molecular weight is 266 g/mol. The minimum Gasteiger partial charge on any atom is -0.315 e. The Balaban J connectivity index is 2.60. The van der Waals surface area contributed by atoms with Gasteiger partial charge >= 0.3 is 6.18 Å². The number of hydrogen-bond acceptors (Lipinski definition) is 2. The van der Waals surface area contributed by atoms with Gasteiger partial charge in [-0.2, -0.15) is 13.2 Å². The van der Waals surface area contributed by atoms with Crippen LogP contribution in [0.3, 0.4) is 0 Å². The highest BCUT2D eigenvalue weighted by atomic mass is 19.4. The van der Waals surface area contributed by atoms with Crippen molar-refractivity contribution in [3.8, 4) is 0 Å². The molecule has 1 fully saturated rings. The van der Waals surface area contributed by atoms with Gasteiger partial charge in [-0.1, -0.05) is 13.8 Å². The molecule has 1 aliphatic carbocycles. The zero-order valence-electron chi connectivity index (χ0n) is 11.7. The van der Waals surface area contributed by atoms with Crippen LogP contribution in [-0.4, -0.2) is 43.8 Å². The molecule has 108 valence electrons. The fraction of sp³-hybridized carbons (Fsp3) is 1.00. The molecular formula is C13H25F3N2. The molecule has 4 unspecified atom stereocenters. The Labute approximate surface area is 108 Å². The molecule has 0 radical (unpaired) electrons. The van der Waals surface area contributed by atoms with Gasteiger partial charge in [0.15, 0.2) is 0 Å². The van der Waals surface area contributed by atoms with Gasteiger partial charge in [0.05, 0.1) is 6.42 Å². The van der Waals surface area contributed by atoms with Crippen LogP contribution >= 0.6 is 0 Å². The number of alkyl halides is 3. The maximum atomic E-state index is 12.3. The summed E-state index contributed by atoms with van der Waals surface area (Å²) in [5.41, 5.74) is 0. The monoisotopic (exact) mass is 266 g/mol. The molecule has 4 atom stereocenters. The largest absolute Gasteiger partial charge is 0.390 e. The minimum atomic E-state index is -4.06. The van der Waals surface area contributed by atoms with Crippen molar-refractivity contribution in [3.63, 3.8) is 0 Å². The number of nitrogens with one attached hydrogen (secondary N) is 1. The summed E-state index contributed by atoms with van der Waals surface area (Å²) < 4.78 is 36.8. The quantitative estimate of drug-likeness (QED) is 0.841. The second-order valence-corrected chi connectivity index (χ2v) is 5.79. The van der Waals surface area contributed by atoms with Crippen LogP contribution in [0.5, 0.6) is 0 Å². The van der Waals surface area contributed by atoms with Gasteiger partial charge in [-0.15, -0.1) is 0 Å². The van der Waals surface area contributed by atoms with E-state index in [1.165, 1.54) is 0 Å². The van der Waals surface area contributed by atoms with Crippen LogP contribution in [0, 0.1) is 11.8 Å². The van der Waals surface area contributed by atoms with Crippen LogP contribution in [0.2, 0.25) is 0 Å². The zero-order valence-corrected chi connectivity index (χ0v) is 11.7. The number of nitrogens with zero attached hydrogens (tertiary/aromatic N) is 1. The molecule has 0 aromatic rings. The molecule has 1 rings (SSSR count). The standard InChI is InChI=1S/C13H25F3N2/c1-9-7-10(2)12(11(8-9)17-3)18(4)6-5-13(14,15)16/h9-12,17H,5-8H2,1-4H3. The van der Waals surface area contributed by atoms with E-state index >= 15 is 0 Å². The fourth-order valence-electron chi connectivity index (χ4n) is 3.32. The summed E-state index contributed by atoms with van der Waals surface area (Å²) in [6.45, 7) is 4.45. The van der Waals surface area contributed by atoms with Crippen molar-refractivity contribution < 1.29 is 13.2 Å². The van der Waals surface area contributed by atoms with Crippen LogP contribution in [0.25, 0.3) is 0 Å². The van der Waals surface area contributed by atoms with Crippen LogP contribution in [0.1, 0.15) is 33.1 Å². The lowest BCUT2D eigenvalue weighted by molar-refractivity contribution is -0.139. The molecule has 0 aliphatic heterocycles. The predicted octanol–water partition coefficient (Wildman–Crippen LogP) is 2.89. The number of rotatable bonds is 4. The second-order valence-electron chi connectivity index (χ2n) is 5.79. The molecule has 0 aromatic heterocycles. The molecule has 0 heterocycles. The lowest BCUT2D eigenvalue weighted by Crippen LogP contribution is -2.55. The van der Waals surface area contributed by atoms with Crippen molar-refractivity contribution in [2.24, 2.45) is 11.8 Å². The Kier molecular flexibility index (Phi) is 5.46. The van der Waals surface area contributed by atoms with E-state index in [1.807, 2.05) is 19.0 Å². The normalized spacial score (nSPS) is 34.0. The van der Waals surface area contributed by atoms with Gasteiger partial charge < -0.3 is 10.2 Å². The maximum absolute atomic E-state index is 12.3. The number of hydrogen-bond donors (Lipinski definition) is 1. The third-order valence-electron chi connectivity index (χ3n) is 4.05. The molecule has 18 heavy (non-hydrogen) atoms. The van der Waals surface area contributed by atoms with E-state index in [1.54, 1.807) is 0 Å². The Morgan fingerprint density at radius 1 is 1.22 bits per heavy atom. The Morgan fingerprint density at radius 2 is 1.83 bits per heavy atom. The van der Waals surface area contributed by atoms with Crippen molar-refractivity contribution in [2.45, 2.75) is 51.4 Å². The lowest BCUT2D eigenvalue weighted by atomic mass is 9.76. The van der Waals surface area contributed by atoms with Crippen molar-refractivity contribution in [3.05, 3.63) is 0 Å². The van der Waals surface area contributed by atoms with Crippen molar-refractivity contribution in [1.82, 2.24) is 10.2 Å². The highest BCUT2D eigenvalue weighted by Crippen LogP contribution is 2.32. The lowest BCUT2D eigenvalue weighted by Gasteiger charge is -2.44. The van der Waals surface area contributed by atoms with Crippen LogP contribution in [-0.2, 0) is 0 Å². The Hall–Kier alpha value is -0.290. The first-order chi connectivity index (χ1) is 8.24. The summed E-state index contributed by atoms with van der Waals surface area (Å²) >= 11 is 0. The molecule has 0 amide bonds. The predicted molar refractivity (Wildman–Crippen MR) is 67.5 cm³/mol. The topological polar surface area (TPSA) is 15.3 Å². The van der Waals surface area contributed by atoms with E-state index < -0.39 is 12.6 Å². The summed E-state index contributed by atoms with van der Waals surface area (Å²) in [7, 11) is 3.72. The van der Waals surface area contributed by atoms with Crippen molar-refractivity contribution in [2.75, 3.05) is 20.6 Å². The van der Waals surface area contributed by atoms with E-state index in [-0.39, 0.29) is 12.6 Å². The number of halogens is 3. The smallest absolute Gasteiger partial charge is 0.315 e. The molecular weight excluding hydrogens is 241 g/mol. The molecule has 1 saturated carbocycles. The molecule has 1 N–H and O–H groups in total. The van der Waals surface area contributed by atoms with E-state index in [0.29, 0.717) is 17.9 Å². The van der Waals surface area contributed by atoms with Gasteiger partial charge in [-0.3, -0.25) is 0 Å². The van der Waals surface area contributed by atoms with Crippen LogP contribution < -0.4 is 5.32 Å². The first kappa shape index (κ1) is 15.8. The second kappa shape index (κ2) is 6.24. The van der Waals surface area contributed by atoms with Crippen LogP contribution in [0.15, 0.2) is 0 Å². The molecule has 1 aliphatic rings. The highest BCUT2D eigenvalue weighted by molar-refractivity contribution is 4.92. The van der Waals surface area contributed by atoms with E-state index in [9.17, 15) is 13.2 Å². The summed E-state index contributed by atoms with van der Waals surface area (Å²) in [5.74, 6) is 1.08. The van der Waals surface area contributed by atoms with E-state index in [4.69, 9.17) is 0 Å². The zero-order chi connectivity index (χ0) is 13.9. The first-order valence-electron chi connectivity index (χ1n) is 6.69. The van der Waals surface area contributed by atoms with Gasteiger partial charge in [0.2, 0.25) is 0 Å². The van der Waals surface area contributed by atoms with Gasteiger partial charge in [0.25, 0.3) is 0 Å². The van der Waals surface area contributed by atoms with Gasteiger partial charge in [-0.05, 0) is 38.8 Å². The van der Waals surface area contributed by atoms with E-state index in [0.717, 1.165) is 12.8 Å². The maximum Gasteiger partial charge on any atom is 0.390 e. The molecule has 0 spiro atoms. The van der Waals surface area contributed by atoms with Crippen LogP contribution in [0.4, 0.5) is 13.2 Å². The fourth-order valence-corrected chi connectivity index (χ4v) is 3.32. The first-order valence-corrected chi connectivity index (χ1v) is 6.69. The molecule has 0 bridgehead atoms. The SMILES string of the molecule is CNC1CC(C)CC(C)C1N(C)CCC(F)(F)F. The molecule has 5 heteroatoms. The Morgan fingerprint density at radius 3 is 2.33 bits per heavy atom. The summed E-state index contributed by atoms with van der Waals surface area (Å²) in [6, 6.07) is 0.496. The third-order valence-corrected chi connectivity index (χ3v) is 4.05. The van der Waals surface area contributed by atoms with Crippen molar-refractivity contribution in [1.29, 1.82) is 0 Å². The summed E-state index contributed by atoms with van der Waals surface area (Å²) in [4.78, 5) is 1.88. The van der Waals surface area contributed by atoms with Crippen molar-refractivity contribution >= 4 is 0 Å².